The highest BCUT2D eigenvalue weighted by Crippen LogP contribution is 2.19. The Bertz CT molecular complexity index is 709. The van der Waals surface area contributed by atoms with Gasteiger partial charge in [-0.25, -0.2) is 4.79 Å². The van der Waals surface area contributed by atoms with Gasteiger partial charge in [-0.1, -0.05) is 75.9 Å². The van der Waals surface area contributed by atoms with Gasteiger partial charge in [0.15, 0.2) is 0 Å². The predicted molar refractivity (Wildman–Crippen MR) is 120 cm³/mol. The molecule has 29 heavy (non-hydrogen) atoms. The van der Waals surface area contributed by atoms with Crippen LogP contribution in [-0.4, -0.2) is 12.8 Å². The maximum absolute atomic E-state index is 11.8. The molecule has 0 saturated carbocycles. The largest absolute Gasteiger partial charge is 0.513 e. The molecule has 0 saturated heterocycles. The molecule has 0 amide bonds. The topological polar surface area (TPSA) is 35.5 Å². The van der Waals surface area contributed by atoms with Gasteiger partial charge in [0.2, 0.25) is 0 Å². The summed E-state index contributed by atoms with van der Waals surface area (Å²) in [7, 11) is 0. The summed E-state index contributed by atoms with van der Waals surface area (Å²) in [5.41, 5.74) is 4.32. The zero-order valence-corrected chi connectivity index (χ0v) is 18.1. The Kier molecular flexibility index (Phi) is 11.0. The van der Waals surface area contributed by atoms with E-state index < -0.39 is 6.16 Å². The molecule has 0 radical (unpaired) electrons. The number of carbonyl (C=O) groups is 1. The van der Waals surface area contributed by atoms with Gasteiger partial charge in [-0.05, 0) is 67.3 Å². The molecule has 0 aliphatic heterocycles. The Labute approximate surface area is 176 Å². The number of benzene rings is 2. The smallest absolute Gasteiger partial charge is 0.434 e. The number of aryl methyl sites for hydroxylation is 3. The molecule has 0 heterocycles. The second-order valence-electron chi connectivity index (χ2n) is 7.63. The molecule has 0 aromatic heterocycles. The van der Waals surface area contributed by atoms with Crippen LogP contribution < -0.4 is 4.74 Å². The average Bonchev–Trinajstić information content (AvgIpc) is 2.73. The number of unbranched alkanes of at least 4 members (excludes halogenated alkanes) is 4. The first kappa shape index (κ1) is 23.0. The number of para-hydroxylation sites is 1. The lowest BCUT2D eigenvalue weighted by Crippen LogP contribution is -2.12. The first-order valence-electron chi connectivity index (χ1n) is 11.2. The van der Waals surface area contributed by atoms with E-state index >= 15 is 0 Å². The molecule has 0 unspecified atom stereocenters. The molecule has 158 valence electrons. The molecule has 0 bridgehead atoms. The number of hydrogen-bond acceptors (Lipinski definition) is 3. The zero-order chi connectivity index (χ0) is 20.7. The van der Waals surface area contributed by atoms with Crippen molar-refractivity contribution in [1.29, 1.82) is 0 Å². The van der Waals surface area contributed by atoms with Crippen molar-refractivity contribution in [3.63, 3.8) is 0 Å². The number of ether oxygens (including phenoxy) is 2. The molecule has 2 rings (SSSR count). The number of carbonyl (C=O) groups excluding carboxylic acids is 1. The van der Waals surface area contributed by atoms with Gasteiger partial charge in [0.1, 0.15) is 5.75 Å². The third kappa shape index (κ3) is 9.17. The Hall–Kier alpha value is -2.29. The quantitative estimate of drug-likeness (QED) is 0.202. The zero-order valence-electron chi connectivity index (χ0n) is 18.1. The average molecular weight is 397 g/mol. The third-order valence-electron chi connectivity index (χ3n) is 5.14. The monoisotopic (exact) mass is 396 g/mol. The van der Waals surface area contributed by atoms with Gasteiger partial charge in [0.25, 0.3) is 0 Å². The summed E-state index contributed by atoms with van der Waals surface area (Å²) < 4.78 is 10.4. The van der Waals surface area contributed by atoms with Crippen molar-refractivity contribution in [2.75, 3.05) is 6.61 Å². The van der Waals surface area contributed by atoms with Crippen LogP contribution in [0, 0.1) is 0 Å². The molecule has 0 fully saturated rings. The summed E-state index contributed by atoms with van der Waals surface area (Å²) >= 11 is 0. The first-order valence-corrected chi connectivity index (χ1v) is 11.2. The fourth-order valence-electron chi connectivity index (χ4n) is 3.49. The summed E-state index contributed by atoms with van der Waals surface area (Å²) in [5.74, 6) is 0.509. The van der Waals surface area contributed by atoms with Crippen LogP contribution >= 0.6 is 0 Å². The summed E-state index contributed by atoms with van der Waals surface area (Å²) in [6, 6.07) is 16.0. The van der Waals surface area contributed by atoms with Crippen LogP contribution in [0.5, 0.6) is 5.75 Å². The second-order valence-corrected chi connectivity index (χ2v) is 7.63. The van der Waals surface area contributed by atoms with Crippen LogP contribution in [0.3, 0.4) is 0 Å². The summed E-state index contributed by atoms with van der Waals surface area (Å²) in [4.78, 5) is 11.8. The van der Waals surface area contributed by atoms with Crippen LogP contribution in [0.15, 0.2) is 48.5 Å². The fraction of sp³-hybridized carbons (Fsp3) is 0.500. The second kappa shape index (κ2) is 13.8. The number of hydrogen-bond donors (Lipinski definition) is 0. The normalized spacial score (nSPS) is 10.7. The van der Waals surface area contributed by atoms with Gasteiger partial charge in [-0.15, -0.1) is 0 Å². The van der Waals surface area contributed by atoms with Gasteiger partial charge in [-0.2, -0.15) is 0 Å². The lowest BCUT2D eigenvalue weighted by atomic mass is 9.94. The Morgan fingerprint density at radius 1 is 0.759 bits per heavy atom. The van der Waals surface area contributed by atoms with Crippen molar-refractivity contribution >= 4 is 6.16 Å². The van der Waals surface area contributed by atoms with E-state index in [1.807, 2.05) is 18.2 Å². The van der Waals surface area contributed by atoms with E-state index in [4.69, 9.17) is 9.47 Å². The molecule has 0 aliphatic carbocycles. The van der Waals surface area contributed by atoms with E-state index in [1.165, 1.54) is 61.6 Å². The van der Waals surface area contributed by atoms with Crippen LogP contribution in [0.2, 0.25) is 0 Å². The minimum absolute atomic E-state index is 0.373. The van der Waals surface area contributed by atoms with E-state index in [0.29, 0.717) is 12.4 Å². The highest BCUT2D eigenvalue weighted by Gasteiger charge is 2.08. The molecule has 0 N–H and O–H groups in total. The molecule has 0 atom stereocenters. The van der Waals surface area contributed by atoms with Crippen LogP contribution in [0.25, 0.3) is 0 Å². The van der Waals surface area contributed by atoms with Crippen molar-refractivity contribution in [3.8, 4) is 5.75 Å². The maximum Gasteiger partial charge on any atom is 0.513 e. The van der Waals surface area contributed by atoms with Crippen molar-refractivity contribution < 1.29 is 14.3 Å². The van der Waals surface area contributed by atoms with E-state index in [1.54, 1.807) is 12.1 Å². The molecule has 2 aromatic rings. The molecular weight excluding hydrogens is 360 g/mol. The highest BCUT2D eigenvalue weighted by atomic mass is 16.7. The Balaban J connectivity index is 1.82. The first-order chi connectivity index (χ1) is 14.2. The lowest BCUT2D eigenvalue weighted by molar-refractivity contribution is 0.0980. The Morgan fingerprint density at radius 3 is 2.17 bits per heavy atom. The molecule has 2 aromatic carbocycles. The number of rotatable bonds is 13. The highest BCUT2D eigenvalue weighted by molar-refractivity contribution is 5.63. The Morgan fingerprint density at radius 2 is 1.45 bits per heavy atom. The van der Waals surface area contributed by atoms with Gasteiger partial charge >= 0.3 is 6.16 Å². The molecule has 3 heteroatoms. The summed E-state index contributed by atoms with van der Waals surface area (Å²) in [5, 5.41) is 0. The van der Waals surface area contributed by atoms with Crippen LogP contribution in [-0.2, 0) is 24.0 Å². The van der Waals surface area contributed by atoms with Gasteiger partial charge in [-0.3, -0.25) is 0 Å². The lowest BCUT2D eigenvalue weighted by Gasteiger charge is -2.13. The van der Waals surface area contributed by atoms with Crippen molar-refractivity contribution in [2.45, 2.75) is 78.1 Å². The molecular formula is C26H36O3. The summed E-state index contributed by atoms with van der Waals surface area (Å²) in [6.45, 7) is 4.86. The SMILES string of the molecule is CCCCCc1ccc(CCCOC(=O)Oc2ccccc2)c(CCCCC)c1. The van der Waals surface area contributed by atoms with E-state index in [9.17, 15) is 4.79 Å². The molecule has 0 aliphatic rings. The van der Waals surface area contributed by atoms with Crippen molar-refractivity contribution in [1.82, 2.24) is 0 Å². The predicted octanol–water partition coefficient (Wildman–Crippen LogP) is 7.30. The van der Waals surface area contributed by atoms with E-state index in [-0.39, 0.29) is 0 Å². The van der Waals surface area contributed by atoms with E-state index in [0.717, 1.165) is 19.3 Å². The van der Waals surface area contributed by atoms with Gasteiger partial charge in [0, 0.05) is 0 Å². The van der Waals surface area contributed by atoms with Crippen molar-refractivity contribution in [3.05, 3.63) is 65.2 Å². The van der Waals surface area contributed by atoms with Gasteiger partial charge in [0.05, 0.1) is 6.61 Å². The van der Waals surface area contributed by atoms with Crippen LogP contribution in [0.1, 0.15) is 75.5 Å². The third-order valence-corrected chi connectivity index (χ3v) is 5.14. The van der Waals surface area contributed by atoms with Crippen LogP contribution in [0.4, 0.5) is 4.79 Å². The standard InChI is InChI=1S/C26H36O3/c1-3-5-8-13-22-18-19-23(24(21-22)14-9-6-4-2)15-12-20-28-26(27)29-25-16-10-7-11-17-25/h7,10-11,16-19,21H,3-6,8-9,12-15,20H2,1-2H3. The van der Waals surface area contributed by atoms with Crippen molar-refractivity contribution in [2.24, 2.45) is 0 Å². The maximum atomic E-state index is 11.8. The van der Waals surface area contributed by atoms with E-state index in [2.05, 4.69) is 32.0 Å². The minimum Gasteiger partial charge on any atom is -0.434 e. The fourth-order valence-corrected chi connectivity index (χ4v) is 3.49. The van der Waals surface area contributed by atoms with Gasteiger partial charge < -0.3 is 9.47 Å². The molecule has 0 spiro atoms. The minimum atomic E-state index is -0.634. The summed E-state index contributed by atoms with van der Waals surface area (Å²) in [6.07, 6.45) is 11.0. The molecule has 3 nitrogen and oxygen atoms in total.